The summed E-state index contributed by atoms with van der Waals surface area (Å²) >= 11 is 5.84. The van der Waals surface area contributed by atoms with E-state index < -0.39 is 5.91 Å². The van der Waals surface area contributed by atoms with Crippen LogP contribution in [0, 0.1) is 0 Å². The number of hydrogen-bond acceptors (Lipinski definition) is 5. The average Bonchev–Trinajstić information content (AvgIpc) is 3.13. The van der Waals surface area contributed by atoms with Gasteiger partial charge in [0.05, 0.1) is 7.11 Å². The zero-order valence-corrected chi connectivity index (χ0v) is 14.3. The maximum absolute atomic E-state index is 12.1. The van der Waals surface area contributed by atoms with Gasteiger partial charge in [0.1, 0.15) is 5.75 Å². The van der Waals surface area contributed by atoms with Gasteiger partial charge >= 0.3 is 11.8 Å². The number of carbonyl (C=O) groups is 1. The smallest absolute Gasteiger partial charge is 0.308 e. The molecule has 1 amide bonds. The summed E-state index contributed by atoms with van der Waals surface area (Å²) in [5.41, 5.74) is 1.79. The number of rotatable bonds is 6. The molecule has 3 aromatic rings. The maximum Gasteiger partial charge on any atom is 0.308 e. The molecule has 2 aromatic carbocycles. The van der Waals surface area contributed by atoms with Gasteiger partial charge in [-0.05, 0) is 48.4 Å². The molecular weight excluding hydrogens is 342 g/mol. The predicted octanol–water partition coefficient (Wildman–Crippen LogP) is 3.37. The highest BCUT2D eigenvalue weighted by Gasteiger charge is 2.15. The van der Waals surface area contributed by atoms with Crippen LogP contribution in [0.15, 0.2) is 52.9 Å². The van der Waals surface area contributed by atoms with Gasteiger partial charge in [0.2, 0.25) is 5.89 Å². The van der Waals surface area contributed by atoms with E-state index in [1.165, 1.54) is 0 Å². The summed E-state index contributed by atoms with van der Waals surface area (Å²) in [5, 5.41) is 11.0. The molecule has 3 rings (SSSR count). The zero-order chi connectivity index (χ0) is 17.6. The number of nitrogens with zero attached hydrogens (tertiary/aromatic N) is 2. The number of halogens is 1. The van der Waals surface area contributed by atoms with Crippen molar-refractivity contribution in [2.45, 2.75) is 6.42 Å². The Bertz CT molecular complexity index is 845. The lowest BCUT2D eigenvalue weighted by atomic mass is 10.1. The fourth-order valence-electron chi connectivity index (χ4n) is 2.21. The van der Waals surface area contributed by atoms with E-state index in [1.807, 2.05) is 24.3 Å². The van der Waals surface area contributed by atoms with Crippen LogP contribution in [0.3, 0.4) is 0 Å². The minimum Gasteiger partial charge on any atom is -0.497 e. The summed E-state index contributed by atoms with van der Waals surface area (Å²) in [6.45, 7) is 0.462. The van der Waals surface area contributed by atoms with Crippen molar-refractivity contribution in [3.63, 3.8) is 0 Å². The second-order valence-electron chi connectivity index (χ2n) is 5.27. The van der Waals surface area contributed by atoms with Gasteiger partial charge in [0.15, 0.2) is 0 Å². The molecule has 0 radical (unpaired) electrons. The molecule has 6 nitrogen and oxygen atoms in total. The van der Waals surface area contributed by atoms with Crippen molar-refractivity contribution in [1.29, 1.82) is 0 Å². The zero-order valence-electron chi connectivity index (χ0n) is 13.5. The SMILES string of the molecule is COc1ccc(CCNC(=O)c2nnc(-c3ccc(Cl)cc3)o2)cc1. The summed E-state index contributed by atoms with van der Waals surface area (Å²) in [6, 6.07) is 14.6. The molecular formula is C18H16ClN3O3. The average molecular weight is 358 g/mol. The Labute approximate surface area is 149 Å². The molecule has 0 aliphatic carbocycles. The monoisotopic (exact) mass is 357 g/mol. The molecule has 1 N–H and O–H groups in total. The summed E-state index contributed by atoms with van der Waals surface area (Å²) in [4.78, 5) is 12.1. The van der Waals surface area contributed by atoms with Crippen LogP contribution in [0.1, 0.15) is 16.2 Å². The van der Waals surface area contributed by atoms with Gasteiger partial charge in [-0.1, -0.05) is 23.7 Å². The molecule has 128 valence electrons. The second kappa shape index (κ2) is 7.81. The van der Waals surface area contributed by atoms with E-state index in [-0.39, 0.29) is 11.8 Å². The summed E-state index contributed by atoms with van der Waals surface area (Å²) in [6.07, 6.45) is 0.688. The first kappa shape index (κ1) is 17.0. The Balaban J connectivity index is 1.55. The molecule has 0 aliphatic heterocycles. The molecule has 1 heterocycles. The van der Waals surface area contributed by atoms with Crippen molar-refractivity contribution in [3.8, 4) is 17.2 Å². The first-order valence-corrected chi connectivity index (χ1v) is 8.04. The van der Waals surface area contributed by atoms with Gasteiger partial charge in [0.25, 0.3) is 0 Å². The first-order valence-electron chi connectivity index (χ1n) is 7.66. The van der Waals surface area contributed by atoms with E-state index in [2.05, 4.69) is 15.5 Å². The van der Waals surface area contributed by atoms with E-state index >= 15 is 0 Å². The van der Waals surface area contributed by atoms with Crippen LogP contribution in [0.2, 0.25) is 5.02 Å². The lowest BCUT2D eigenvalue weighted by Crippen LogP contribution is -2.26. The van der Waals surface area contributed by atoms with E-state index in [0.29, 0.717) is 23.6 Å². The normalized spacial score (nSPS) is 10.5. The van der Waals surface area contributed by atoms with E-state index in [1.54, 1.807) is 31.4 Å². The number of methoxy groups -OCH3 is 1. The van der Waals surface area contributed by atoms with E-state index in [4.69, 9.17) is 20.8 Å². The Morgan fingerprint density at radius 3 is 2.52 bits per heavy atom. The van der Waals surface area contributed by atoms with Crippen LogP contribution in [0.25, 0.3) is 11.5 Å². The molecule has 0 unspecified atom stereocenters. The summed E-state index contributed by atoms with van der Waals surface area (Å²) < 4.78 is 10.5. The molecule has 0 atom stereocenters. The fraction of sp³-hybridized carbons (Fsp3) is 0.167. The standard InChI is InChI=1S/C18H16ClN3O3/c1-24-15-8-2-12(3-9-15)10-11-20-16(23)18-22-21-17(25-18)13-4-6-14(19)7-5-13/h2-9H,10-11H2,1H3,(H,20,23). The number of aromatic nitrogens is 2. The fourth-order valence-corrected chi connectivity index (χ4v) is 2.34. The van der Waals surface area contributed by atoms with Crippen molar-refractivity contribution in [2.24, 2.45) is 0 Å². The van der Waals surface area contributed by atoms with Crippen LogP contribution in [0.4, 0.5) is 0 Å². The highest BCUT2D eigenvalue weighted by atomic mass is 35.5. The van der Waals surface area contributed by atoms with Crippen molar-refractivity contribution in [3.05, 3.63) is 65.0 Å². The minimum absolute atomic E-state index is 0.0697. The number of hydrogen-bond donors (Lipinski definition) is 1. The van der Waals surface area contributed by atoms with Crippen LogP contribution in [-0.4, -0.2) is 29.8 Å². The van der Waals surface area contributed by atoms with Gasteiger partial charge in [-0.15, -0.1) is 10.2 Å². The largest absolute Gasteiger partial charge is 0.497 e. The quantitative estimate of drug-likeness (QED) is 0.731. The summed E-state index contributed by atoms with van der Waals surface area (Å²) in [7, 11) is 1.62. The van der Waals surface area contributed by atoms with Gasteiger partial charge < -0.3 is 14.5 Å². The molecule has 0 aliphatic rings. The van der Waals surface area contributed by atoms with E-state index in [9.17, 15) is 4.79 Å². The Morgan fingerprint density at radius 1 is 1.12 bits per heavy atom. The molecule has 1 aromatic heterocycles. The minimum atomic E-state index is -0.402. The highest BCUT2D eigenvalue weighted by molar-refractivity contribution is 6.30. The Kier molecular flexibility index (Phi) is 5.30. The van der Waals surface area contributed by atoms with Crippen LogP contribution in [0.5, 0.6) is 5.75 Å². The number of carbonyl (C=O) groups excluding carboxylic acids is 1. The molecule has 7 heteroatoms. The topological polar surface area (TPSA) is 77.2 Å². The maximum atomic E-state index is 12.1. The number of amides is 1. The number of nitrogens with one attached hydrogen (secondary N) is 1. The first-order chi connectivity index (χ1) is 12.2. The molecule has 0 bridgehead atoms. The van der Waals surface area contributed by atoms with Crippen molar-refractivity contribution in [2.75, 3.05) is 13.7 Å². The van der Waals surface area contributed by atoms with Gasteiger partial charge in [-0.2, -0.15) is 0 Å². The lowest BCUT2D eigenvalue weighted by molar-refractivity contribution is 0.0920. The second-order valence-corrected chi connectivity index (χ2v) is 5.71. The van der Waals surface area contributed by atoms with Gasteiger partial charge in [-0.3, -0.25) is 4.79 Å². The van der Waals surface area contributed by atoms with Crippen molar-refractivity contribution < 1.29 is 13.9 Å². The van der Waals surface area contributed by atoms with Crippen LogP contribution in [-0.2, 0) is 6.42 Å². The van der Waals surface area contributed by atoms with E-state index in [0.717, 1.165) is 11.3 Å². The predicted molar refractivity (Wildman–Crippen MR) is 93.8 cm³/mol. The lowest BCUT2D eigenvalue weighted by Gasteiger charge is -2.04. The van der Waals surface area contributed by atoms with Crippen LogP contribution < -0.4 is 10.1 Å². The Morgan fingerprint density at radius 2 is 1.84 bits per heavy atom. The van der Waals surface area contributed by atoms with Crippen LogP contribution >= 0.6 is 11.6 Å². The molecule has 0 fully saturated rings. The molecule has 0 saturated heterocycles. The molecule has 25 heavy (non-hydrogen) atoms. The van der Waals surface area contributed by atoms with Gasteiger partial charge in [-0.25, -0.2) is 0 Å². The number of benzene rings is 2. The van der Waals surface area contributed by atoms with Crippen molar-refractivity contribution >= 4 is 17.5 Å². The molecule has 0 saturated carbocycles. The third kappa shape index (κ3) is 4.36. The Hall–Kier alpha value is -2.86. The highest BCUT2D eigenvalue weighted by Crippen LogP contribution is 2.20. The third-order valence-electron chi connectivity index (χ3n) is 3.57. The molecule has 0 spiro atoms. The van der Waals surface area contributed by atoms with Gasteiger partial charge in [0, 0.05) is 17.1 Å². The summed E-state index contributed by atoms with van der Waals surface area (Å²) in [5.74, 6) is 0.603. The third-order valence-corrected chi connectivity index (χ3v) is 3.82. The van der Waals surface area contributed by atoms with Crippen molar-refractivity contribution in [1.82, 2.24) is 15.5 Å². The number of ether oxygens (including phenoxy) is 1.